The van der Waals surface area contributed by atoms with Crippen LogP contribution in [0.15, 0.2) is 60.8 Å². The van der Waals surface area contributed by atoms with Crippen molar-refractivity contribution in [3.8, 4) is 11.1 Å². The van der Waals surface area contributed by atoms with Gasteiger partial charge in [-0.1, -0.05) is 73.7 Å². The Morgan fingerprint density at radius 2 is 1.73 bits per heavy atom. The van der Waals surface area contributed by atoms with Crippen LogP contribution in [-0.2, 0) is 20.8 Å². The predicted octanol–water partition coefficient (Wildman–Crippen LogP) is 2.19. The molecule has 40 heavy (non-hydrogen) atoms. The lowest BCUT2D eigenvalue weighted by atomic mass is 10.00. The summed E-state index contributed by atoms with van der Waals surface area (Å²) in [6, 6.07) is 15.1. The van der Waals surface area contributed by atoms with Crippen molar-refractivity contribution in [1.82, 2.24) is 25.2 Å². The smallest absolute Gasteiger partial charge is 0.248 e. The molecule has 0 unspecified atom stereocenters. The van der Waals surface area contributed by atoms with Gasteiger partial charge in [0.05, 0.1) is 11.8 Å². The number of carbonyl (C=O) groups is 3. The SMILES string of the molecule is CC(C)[C@@H](C(=O)N1C[C@H](O)C[C@H]1C(=O)N[C@H](Cc1ccc(-c2ccccc2)cc1)C(N)=O)n1cc(C2CC2)nn1. The number of β-amino-alcohol motifs (C(OH)–C–C–N with tert-alkyl or cyclic N) is 1. The van der Waals surface area contributed by atoms with Crippen LogP contribution in [0.3, 0.4) is 0 Å². The van der Waals surface area contributed by atoms with E-state index in [0.29, 0.717) is 5.92 Å². The average molecular weight is 545 g/mol. The van der Waals surface area contributed by atoms with E-state index in [2.05, 4.69) is 15.6 Å². The van der Waals surface area contributed by atoms with E-state index in [1.165, 1.54) is 4.90 Å². The predicted molar refractivity (Wildman–Crippen MR) is 149 cm³/mol. The van der Waals surface area contributed by atoms with Crippen molar-refractivity contribution in [3.63, 3.8) is 0 Å². The molecule has 0 bridgehead atoms. The molecule has 1 aliphatic carbocycles. The van der Waals surface area contributed by atoms with Gasteiger partial charge in [0.1, 0.15) is 18.1 Å². The minimum atomic E-state index is -0.970. The highest BCUT2D eigenvalue weighted by Crippen LogP contribution is 2.39. The van der Waals surface area contributed by atoms with E-state index >= 15 is 0 Å². The molecule has 3 aromatic rings. The number of amides is 3. The summed E-state index contributed by atoms with van der Waals surface area (Å²) in [5, 5.41) is 21.6. The lowest BCUT2D eigenvalue weighted by molar-refractivity contribution is -0.143. The largest absolute Gasteiger partial charge is 0.391 e. The number of hydrogen-bond donors (Lipinski definition) is 3. The van der Waals surface area contributed by atoms with Gasteiger partial charge in [-0.25, -0.2) is 4.68 Å². The number of benzene rings is 2. The number of carbonyl (C=O) groups excluding carboxylic acids is 3. The number of aliphatic hydroxyl groups excluding tert-OH is 1. The monoisotopic (exact) mass is 544 g/mol. The summed E-state index contributed by atoms with van der Waals surface area (Å²) < 4.78 is 1.58. The number of likely N-dealkylation sites (tertiary alicyclic amines) is 1. The molecule has 10 heteroatoms. The Bertz CT molecular complexity index is 1350. The Kier molecular flexibility index (Phi) is 7.97. The van der Waals surface area contributed by atoms with Crippen LogP contribution >= 0.6 is 0 Å². The van der Waals surface area contributed by atoms with Crippen molar-refractivity contribution in [2.24, 2.45) is 11.7 Å². The van der Waals surface area contributed by atoms with Gasteiger partial charge in [-0.05, 0) is 35.4 Å². The lowest BCUT2D eigenvalue weighted by Crippen LogP contribution is -2.54. The average Bonchev–Trinajstić information content (AvgIpc) is 3.54. The molecule has 0 spiro atoms. The zero-order valence-electron chi connectivity index (χ0n) is 22.8. The molecule has 1 aliphatic heterocycles. The van der Waals surface area contributed by atoms with Gasteiger partial charge in [-0.2, -0.15) is 0 Å². The normalized spacial score (nSPS) is 20.4. The number of aliphatic hydroxyl groups is 1. The molecular formula is C30H36N6O4. The Hall–Kier alpha value is -4.05. The fraction of sp³-hybridized carbons (Fsp3) is 0.433. The van der Waals surface area contributed by atoms with Gasteiger partial charge in [0.25, 0.3) is 0 Å². The summed E-state index contributed by atoms with van der Waals surface area (Å²) in [5.41, 5.74) is 9.49. The Morgan fingerprint density at radius 3 is 2.35 bits per heavy atom. The molecule has 4 N–H and O–H groups in total. The van der Waals surface area contributed by atoms with Crippen molar-refractivity contribution in [2.75, 3.05) is 6.54 Å². The number of nitrogens with zero attached hydrogens (tertiary/aromatic N) is 4. The van der Waals surface area contributed by atoms with Crippen molar-refractivity contribution in [1.29, 1.82) is 0 Å². The van der Waals surface area contributed by atoms with E-state index in [-0.39, 0.29) is 31.2 Å². The van der Waals surface area contributed by atoms with Crippen LogP contribution in [0, 0.1) is 5.92 Å². The maximum atomic E-state index is 13.8. The number of nitrogens with two attached hydrogens (primary N) is 1. The highest BCUT2D eigenvalue weighted by molar-refractivity contribution is 5.93. The zero-order valence-corrected chi connectivity index (χ0v) is 22.8. The first kappa shape index (κ1) is 27.5. The molecule has 10 nitrogen and oxygen atoms in total. The van der Waals surface area contributed by atoms with Crippen LogP contribution in [0.4, 0.5) is 0 Å². The quantitative estimate of drug-likeness (QED) is 0.357. The summed E-state index contributed by atoms with van der Waals surface area (Å²) in [6.45, 7) is 3.84. The molecule has 1 saturated heterocycles. The number of rotatable bonds is 10. The summed E-state index contributed by atoms with van der Waals surface area (Å²) in [6.07, 6.45) is 3.37. The van der Waals surface area contributed by atoms with Gasteiger partial charge in [0.15, 0.2) is 0 Å². The minimum absolute atomic E-state index is 0.0203. The topological polar surface area (TPSA) is 143 Å². The zero-order chi connectivity index (χ0) is 28.4. The molecule has 2 aromatic carbocycles. The fourth-order valence-corrected chi connectivity index (χ4v) is 5.36. The van der Waals surface area contributed by atoms with Crippen LogP contribution in [0.25, 0.3) is 11.1 Å². The van der Waals surface area contributed by atoms with Gasteiger partial charge in [-0.15, -0.1) is 5.10 Å². The van der Waals surface area contributed by atoms with Gasteiger partial charge >= 0.3 is 0 Å². The second-order valence-electron chi connectivity index (χ2n) is 11.2. The van der Waals surface area contributed by atoms with E-state index in [4.69, 9.17) is 5.73 Å². The molecule has 1 saturated carbocycles. The van der Waals surface area contributed by atoms with Gasteiger partial charge < -0.3 is 21.1 Å². The van der Waals surface area contributed by atoms with Crippen LogP contribution in [0.1, 0.15) is 56.3 Å². The number of primary amides is 1. The molecule has 5 rings (SSSR count). The summed E-state index contributed by atoms with van der Waals surface area (Å²) >= 11 is 0. The molecule has 210 valence electrons. The van der Waals surface area contributed by atoms with E-state index in [1.54, 1.807) is 4.68 Å². The highest BCUT2D eigenvalue weighted by atomic mass is 16.3. The van der Waals surface area contributed by atoms with Gasteiger partial charge in [-0.3, -0.25) is 14.4 Å². The molecule has 2 aliphatic rings. The Morgan fingerprint density at radius 1 is 1.05 bits per heavy atom. The third-order valence-electron chi connectivity index (χ3n) is 7.72. The molecule has 3 amide bonds. The molecule has 1 aromatic heterocycles. The third-order valence-corrected chi connectivity index (χ3v) is 7.72. The van der Waals surface area contributed by atoms with E-state index < -0.39 is 36.0 Å². The first-order valence-electron chi connectivity index (χ1n) is 13.9. The van der Waals surface area contributed by atoms with Crippen LogP contribution in [-0.4, -0.2) is 67.5 Å². The second kappa shape index (κ2) is 11.6. The van der Waals surface area contributed by atoms with Gasteiger partial charge in [0, 0.05) is 31.5 Å². The highest BCUT2D eigenvalue weighted by Gasteiger charge is 2.43. The maximum Gasteiger partial charge on any atom is 0.248 e. The van der Waals surface area contributed by atoms with Crippen molar-refractivity contribution >= 4 is 17.7 Å². The summed E-state index contributed by atoms with van der Waals surface area (Å²) in [4.78, 5) is 40.9. The molecule has 0 radical (unpaired) electrons. The molecule has 4 atom stereocenters. The standard InChI is InChI=1S/C30H36N6O4/c1-18(2)27(36-17-25(33-34-36)22-12-13-22)30(40)35-16-23(37)15-26(35)29(39)32-24(28(31)38)14-19-8-10-21(11-9-19)20-6-4-3-5-7-20/h3-11,17-18,22-24,26-27,37H,12-16H2,1-2H3,(H2,31,38)(H,32,39)/t23-,24-,26+,27+/m1/s1. The van der Waals surface area contributed by atoms with Gasteiger partial charge in [0.2, 0.25) is 17.7 Å². The first-order chi connectivity index (χ1) is 19.2. The van der Waals surface area contributed by atoms with Crippen LogP contribution < -0.4 is 11.1 Å². The van der Waals surface area contributed by atoms with Crippen molar-refractivity contribution in [2.45, 2.75) is 69.7 Å². The minimum Gasteiger partial charge on any atom is -0.391 e. The summed E-state index contributed by atoms with van der Waals surface area (Å²) in [7, 11) is 0. The van der Waals surface area contributed by atoms with E-state index in [0.717, 1.165) is 35.2 Å². The van der Waals surface area contributed by atoms with Crippen LogP contribution in [0.5, 0.6) is 0 Å². The van der Waals surface area contributed by atoms with E-state index in [9.17, 15) is 19.5 Å². The molecule has 2 heterocycles. The maximum absolute atomic E-state index is 13.8. The Labute approximate surface area is 233 Å². The van der Waals surface area contributed by atoms with Crippen molar-refractivity contribution < 1.29 is 19.5 Å². The number of hydrogen-bond acceptors (Lipinski definition) is 6. The second-order valence-corrected chi connectivity index (χ2v) is 11.2. The fourth-order valence-electron chi connectivity index (χ4n) is 5.36. The molecular weight excluding hydrogens is 508 g/mol. The summed E-state index contributed by atoms with van der Waals surface area (Å²) in [5.74, 6) is -1.24. The van der Waals surface area contributed by atoms with Crippen molar-refractivity contribution in [3.05, 3.63) is 72.1 Å². The number of nitrogens with one attached hydrogen (secondary N) is 1. The van der Waals surface area contributed by atoms with E-state index in [1.807, 2.05) is 74.6 Å². The first-order valence-corrected chi connectivity index (χ1v) is 13.9. The van der Waals surface area contributed by atoms with Crippen LogP contribution in [0.2, 0.25) is 0 Å². The lowest BCUT2D eigenvalue weighted by Gasteiger charge is -2.30. The third kappa shape index (κ3) is 6.07. The number of aromatic nitrogens is 3. The Balaban J connectivity index is 1.28. The molecule has 2 fully saturated rings.